The van der Waals surface area contributed by atoms with Crippen molar-refractivity contribution < 1.29 is 45.8 Å². The topological polar surface area (TPSA) is 166 Å². The van der Waals surface area contributed by atoms with Crippen LogP contribution in [0.4, 0.5) is 18.0 Å². The Labute approximate surface area is 279 Å². The van der Waals surface area contributed by atoms with Gasteiger partial charge < -0.3 is 19.5 Å². The molecule has 2 N–H and O–H groups in total. The second-order valence-corrected chi connectivity index (χ2v) is 14.6. The summed E-state index contributed by atoms with van der Waals surface area (Å²) in [4.78, 5) is 33.5. The van der Waals surface area contributed by atoms with E-state index in [2.05, 4.69) is 15.1 Å². The highest BCUT2D eigenvalue weighted by Gasteiger charge is 2.62. The molecule has 2 fully saturated rings. The predicted octanol–water partition coefficient (Wildman–Crippen LogP) is 5.48. The van der Waals surface area contributed by atoms with Crippen molar-refractivity contribution in [3.05, 3.63) is 53.4 Å². The Morgan fingerprint density at radius 1 is 1.10 bits per heavy atom. The molecule has 13 nitrogen and oxygen atoms in total. The second-order valence-electron chi connectivity index (χ2n) is 12.5. The minimum Gasteiger partial charge on any atom is -0.478 e. The molecule has 1 saturated carbocycles. The molecule has 1 saturated heterocycles. The van der Waals surface area contributed by atoms with Crippen molar-refractivity contribution in [1.82, 2.24) is 29.4 Å². The van der Waals surface area contributed by atoms with Gasteiger partial charge >= 0.3 is 12.3 Å². The highest BCUT2D eigenvalue weighted by Crippen LogP contribution is 2.59. The Morgan fingerprint density at radius 2 is 1.83 bits per heavy atom. The maximum Gasteiger partial charge on any atom is 0.407 e. The van der Waals surface area contributed by atoms with E-state index in [0.29, 0.717) is 19.6 Å². The van der Waals surface area contributed by atoms with E-state index >= 15 is 0 Å². The van der Waals surface area contributed by atoms with E-state index in [4.69, 9.17) is 21.1 Å². The van der Waals surface area contributed by atoms with Crippen molar-refractivity contribution in [2.75, 3.05) is 19.8 Å². The second kappa shape index (κ2) is 13.4. The minimum atomic E-state index is -4.35. The Balaban J connectivity index is 1.10. The van der Waals surface area contributed by atoms with Crippen LogP contribution in [0.15, 0.2) is 47.6 Å². The molecule has 0 spiro atoms. The summed E-state index contributed by atoms with van der Waals surface area (Å²) in [6.45, 7) is 4.40. The number of carbonyl (C=O) groups is 2. The average molecular weight is 715 g/mol. The van der Waals surface area contributed by atoms with Crippen LogP contribution in [0.5, 0.6) is 11.8 Å². The van der Waals surface area contributed by atoms with Crippen LogP contribution < -0.4 is 14.2 Å². The number of sulfonamides is 1. The van der Waals surface area contributed by atoms with Crippen molar-refractivity contribution in [2.45, 2.75) is 69.0 Å². The van der Waals surface area contributed by atoms with E-state index in [1.807, 2.05) is 18.6 Å². The van der Waals surface area contributed by atoms with E-state index < -0.39 is 39.2 Å². The van der Waals surface area contributed by atoms with Crippen LogP contribution in [-0.4, -0.2) is 81.6 Å². The summed E-state index contributed by atoms with van der Waals surface area (Å²) in [5.74, 6) is -0.423. The smallest absolute Gasteiger partial charge is 0.407 e. The molecule has 3 aromatic heterocycles. The van der Waals surface area contributed by atoms with Gasteiger partial charge in [-0.15, -0.1) is 5.10 Å². The third kappa shape index (κ3) is 7.94. The number of nitrogens with one attached hydrogen (secondary N) is 1. The standard InChI is InChI=1S/C30H34ClF3N6O7S/c1-28(2)16-19(18-39(28)27(42)43)4-3-14-46-23-8-5-20(17-35-23)48(44,45)38-26(41)21-6-7-22(36-25(21)31)40-13-9-24(37-40)47-15-12-29(10-11-29)30(32,33)34/h5-9,13,17,19H,3-4,10-12,14-16,18H2,1-2H3,(H,38,41)(H,42,43). The summed E-state index contributed by atoms with van der Waals surface area (Å²) in [5, 5.41) is 13.2. The van der Waals surface area contributed by atoms with Gasteiger partial charge in [-0.2, -0.15) is 13.2 Å². The van der Waals surface area contributed by atoms with Gasteiger partial charge in [-0.3, -0.25) is 4.79 Å². The molecule has 3 aromatic rings. The third-order valence-corrected chi connectivity index (χ3v) is 10.2. The fourth-order valence-corrected chi connectivity index (χ4v) is 6.87. The third-order valence-electron chi connectivity index (χ3n) is 8.61. The molecule has 260 valence electrons. The Hall–Kier alpha value is -4.12. The summed E-state index contributed by atoms with van der Waals surface area (Å²) in [6.07, 6.45) is -0.570. The average Bonchev–Trinajstić information content (AvgIpc) is 3.55. The lowest BCUT2D eigenvalue weighted by molar-refractivity contribution is -0.190. The van der Waals surface area contributed by atoms with Crippen LogP contribution in [0.25, 0.3) is 5.82 Å². The number of amides is 2. The van der Waals surface area contributed by atoms with Crippen LogP contribution >= 0.6 is 11.6 Å². The molecule has 2 aliphatic rings. The monoisotopic (exact) mass is 714 g/mol. The van der Waals surface area contributed by atoms with Crippen molar-refractivity contribution in [3.63, 3.8) is 0 Å². The molecule has 1 aliphatic carbocycles. The van der Waals surface area contributed by atoms with Crippen molar-refractivity contribution >= 4 is 33.6 Å². The zero-order valence-electron chi connectivity index (χ0n) is 26.0. The lowest BCUT2D eigenvalue weighted by Crippen LogP contribution is -2.41. The van der Waals surface area contributed by atoms with Crippen LogP contribution in [0.3, 0.4) is 0 Å². The van der Waals surface area contributed by atoms with Crippen molar-refractivity contribution in [2.24, 2.45) is 11.3 Å². The maximum atomic E-state index is 13.1. The quantitative estimate of drug-likeness (QED) is 0.171. The van der Waals surface area contributed by atoms with Gasteiger partial charge in [0.25, 0.3) is 15.9 Å². The number of rotatable bonds is 13. The van der Waals surface area contributed by atoms with Crippen LogP contribution in [0.1, 0.15) is 62.7 Å². The molecule has 1 atom stereocenters. The van der Waals surface area contributed by atoms with Gasteiger partial charge in [0.15, 0.2) is 5.82 Å². The Kier molecular flexibility index (Phi) is 9.83. The first kappa shape index (κ1) is 35.2. The first-order valence-corrected chi connectivity index (χ1v) is 16.9. The summed E-state index contributed by atoms with van der Waals surface area (Å²) < 4.78 is 79.2. The predicted molar refractivity (Wildman–Crippen MR) is 165 cm³/mol. The number of hydrogen-bond donors (Lipinski definition) is 2. The minimum absolute atomic E-state index is 0.0751. The zero-order valence-corrected chi connectivity index (χ0v) is 27.6. The van der Waals surface area contributed by atoms with Gasteiger partial charge in [0, 0.05) is 30.4 Å². The number of carboxylic acid groups (broad SMARTS) is 1. The summed E-state index contributed by atoms with van der Waals surface area (Å²) >= 11 is 6.19. The zero-order chi connectivity index (χ0) is 34.9. The molecule has 0 radical (unpaired) electrons. The number of ether oxygens (including phenoxy) is 2. The van der Waals surface area contributed by atoms with Gasteiger partial charge in [0.1, 0.15) is 10.0 Å². The van der Waals surface area contributed by atoms with E-state index in [9.17, 15) is 36.3 Å². The molecule has 1 aliphatic heterocycles. The SMILES string of the molecule is CC1(C)CC(CCCOc2ccc(S(=O)(=O)NC(=O)c3ccc(-n4ccc(OCCC5(C(F)(F)F)CC5)n4)nc3Cl)cn2)CN1C(=O)O. The van der Waals surface area contributed by atoms with E-state index in [0.717, 1.165) is 19.0 Å². The molecule has 5 rings (SSSR count). The summed E-state index contributed by atoms with van der Waals surface area (Å²) in [5.41, 5.74) is -2.35. The lowest BCUT2D eigenvalue weighted by atomic mass is 9.93. The first-order valence-electron chi connectivity index (χ1n) is 15.1. The number of halogens is 4. The largest absolute Gasteiger partial charge is 0.478 e. The molecular weight excluding hydrogens is 681 g/mol. The number of nitrogens with zero attached hydrogens (tertiary/aromatic N) is 5. The van der Waals surface area contributed by atoms with Crippen LogP contribution in [0.2, 0.25) is 5.15 Å². The number of aromatic nitrogens is 4. The number of likely N-dealkylation sites (tertiary alicyclic amines) is 1. The van der Waals surface area contributed by atoms with Crippen molar-refractivity contribution in [3.8, 4) is 17.6 Å². The number of hydrogen-bond acceptors (Lipinski definition) is 9. The van der Waals surface area contributed by atoms with Gasteiger partial charge in [-0.1, -0.05) is 11.6 Å². The molecule has 0 bridgehead atoms. The number of pyridine rings is 2. The van der Waals surface area contributed by atoms with E-state index in [1.54, 1.807) is 0 Å². The van der Waals surface area contributed by atoms with Crippen LogP contribution in [-0.2, 0) is 10.0 Å². The molecule has 18 heteroatoms. The summed E-state index contributed by atoms with van der Waals surface area (Å²) in [7, 11) is -4.35. The fraction of sp³-hybridized carbons (Fsp3) is 0.500. The molecule has 2 amide bonds. The fourth-order valence-electron chi connectivity index (χ4n) is 5.72. The van der Waals surface area contributed by atoms with E-state index in [1.165, 1.54) is 46.1 Å². The normalized spacial score (nSPS) is 18.4. The first-order chi connectivity index (χ1) is 22.5. The van der Waals surface area contributed by atoms with E-state index in [-0.39, 0.29) is 65.0 Å². The molecule has 4 heterocycles. The van der Waals surface area contributed by atoms with Gasteiger partial charge in [-0.05, 0) is 76.5 Å². The molecule has 48 heavy (non-hydrogen) atoms. The molecule has 1 unspecified atom stereocenters. The number of carbonyl (C=O) groups excluding carboxylic acids is 1. The van der Waals surface area contributed by atoms with Gasteiger partial charge in [0.05, 0.1) is 30.4 Å². The van der Waals surface area contributed by atoms with Crippen LogP contribution in [0, 0.1) is 11.3 Å². The lowest BCUT2D eigenvalue weighted by Gasteiger charge is -2.28. The maximum absolute atomic E-state index is 13.1. The highest BCUT2D eigenvalue weighted by molar-refractivity contribution is 7.90. The Bertz CT molecular complexity index is 1760. The number of alkyl halides is 3. The van der Waals surface area contributed by atoms with Gasteiger partial charge in [-0.25, -0.2) is 32.6 Å². The Morgan fingerprint density at radius 3 is 2.44 bits per heavy atom. The molecular formula is C30H34ClF3N6O7S. The van der Waals surface area contributed by atoms with Crippen molar-refractivity contribution in [1.29, 1.82) is 0 Å². The van der Waals surface area contributed by atoms with Gasteiger partial charge in [0.2, 0.25) is 11.8 Å². The summed E-state index contributed by atoms with van der Waals surface area (Å²) in [6, 6.07) is 6.63. The molecule has 0 aromatic carbocycles. The highest BCUT2D eigenvalue weighted by atomic mass is 35.5.